The van der Waals surface area contributed by atoms with Gasteiger partial charge in [0.1, 0.15) is 22.2 Å². The quantitative estimate of drug-likeness (QED) is 0.284. The summed E-state index contributed by atoms with van der Waals surface area (Å²) in [6, 6.07) is 8.22. The molecule has 2 aromatic rings. The zero-order chi connectivity index (χ0) is 27.1. The fourth-order valence-corrected chi connectivity index (χ4v) is 5.41. The standard InChI is InChI=1S/C30H40N2O4S/c1-19-20(2)26-24(21(3)25(19)35-28(33)29(4,5)6)13-14-30(7,36-26)27(37)32-17-15-31(16-18-32)22-9-11-23(34-8)12-10-22/h9-12H,13-18H2,1-8H3. The minimum Gasteiger partial charge on any atom is -0.497 e. The first-order chi connectivity index (χ1) is 17.4. The van der Waals surface area contributed by atoms with Gasteiger partial charge in [-0.25, -0.2) is 0 Å². The molecule has 2 aromatic carbocycles. The van der Waals surface area contributed by atoms with Gasteiger partial charge in [-0.1, -0.05) is 12.2 Å². The van der Waals surface area contributed by atoms with Crippen molar-refractivity contribution in [1.82, 2.24) is 4.90 Å². The Hall–Kier alpha value is -2.80. The lowest BCUT2D eigenvalue weighted by atomic mass is 9.86. The van der Waals surface area contributed by atoms with E-state index in [1.54, 1.807) is 7.11 Å². The molecule has 4 rings (SSSR count). The molecule has 2 heterocycles. The highest BCUT2D eigenvalue weighted by atomic mass is 32.1. The molecule has 1 fully saturated rings. The first-order valence-electron chi connectivity index (χ1n) is 13.1. The molecule has 0 saturated carbocycles. The number of anilines is 1. The van der Waals surface area contributed by atoms with Gasteiger partial charge in [-0.3, -0.25) is 4.79 Å². The molecule has 0 radical (unpaired) electrons. The Balaban J connectivity index is 1.49. The maximum absolute atomic E-state index is 12.6. The molecule has 6 nitrogen and oxygen atoms in total. The Morgan fingerprint density at radius 1 is 1.00 bits per heavy atom. The van der Waals surface area contributed by atoms with E-state index in [9.17, 15) is 4.79 Å². The third-order valence-electron chi connectivity index (χ3n) is 7.75. The zero-order valence-electron chi connectivity index (χ0n) is 23.5. The highest BCUT2D eigenvalue weighted by Gasteiger charge is 2.41. The van der Waals surface area contributed by atoms with E-state index >= 15 is 0 Å². The van der Waals surface area contributed by atoms with Crippen LogP contribution in [-0.2, 0) is 11.2 Å². The number of thiocarbonyl (C=S) groups is 1. The van der Waals surface area contributed by atoms with Crippen LogP contribution >= 0.6 is 12.2 Å². The lowest BCUT2D eigenvalue weighted by Crippen LogP contribution is -2.57. The Bertz CT molecular complexity index is 1190. The number of benzene rings is 2. The predicted molar refractivity (Wildman–Crippen MR) is 152 cm³/mol. The van der Waals surface area contributed by atoms with E-state index in [2.05, 4.69) is 28.9 Å². The zero-order valence-corrected chi connectivity index (χ0v) is 24.3. The highest BCUT2D eigenvalue weighted by Crippen LogP contribution is 2.45. The van der Waals surface area contributed by atoms with Crippen molar-refractivity contribution in [3.05, 3.63) is 46.5 Å². The van der Waals surface area contributed by atoms with E-state index in [1.165, 1.54) is 5.69 Å². The minimum atomic E-state index is -0.568. The number of nitrogens with zero attached hydrogens (tertiary/aromatic N) is 2. The summed E-state index contributed by atoms with van der Waals surface area (Å²) in [5.41, 5.74) is 4.12. The summed E-state index contributed by atoms with van der Waals surface area (Å²) in [6.45, 7) is 17.3. The molecule has 1 unspecified atom stereocenters. The number of piperazine rings is 1. The number of esters is 1. The lowest BCUT2D eigenvalue weighted by Gasteiger charge is -2.45. The van der Waals surface area contributed by atoms with Gasteiger partial charge >= 0.3 is 5.97 Å². The van der Waals surface area contributed by atoms with Crippen LogP contribution in [0.15, 0.2) is 24.3 Å². The minimum absolute atomic E-state index is 0.227. The van der Waals surface area contributed by atoms with E-state index in [-0.39, 0.29) is 5.97 Å². The molecule has 37 heavy (non-hydrogen) atoms. The van der Waals surface area contributed by atoms with Crippen LogP contribution in [0.4, 0.5) is 5.69 Å². The second-order valence-corrected chi connectivity index (χ2v) is 11.8. The Morgan fingerprint density at radius 2 is 1.62 bits per heavy atom. The third-order valence-corrected chi connectivity index (χ3v) is 8.44. The molecule has 0 amide bonds. The van der Waals surface area contributed by atoms with Crippen LogP contribution in [0, 0.1) is 26.2 Å². The number of hydrogen-bond acceptors (Lipinski definition) is 6. The Kier molecular flexibility index (Phi) is 7.48. The van der Waals surface area contributed by atoms with Crippen LogP contribution < -0.4 is 19.1 Å². The molecule has 7 heteroatoms. The maximum Gasteiger partial charge on any atom is 0.316 e. The van der Waals surface area contributed by atoms with E-state index < -0.39 is 11.0 Å². The summed E-state index contributed by atoms with van der Waals surface area (Å²) in [5.74, 6) is 2.19. The van der Waals surface area contributed by atoms with Crippen molar-refractivity contribution in [2.24, 2.45) is 5.41 Å². The molecule has 0 N–H and O–H groups in total. The van der Waals surface area contributed by atoms with Gasteiger partial charge < -0.3 is 24.0 Å². The molecule has 2 aliphatic rings. The normalized spacial score (nSPS) is 19.7. The molecular weight excluding hydrogens is 484 g/mol. The number of carbonyl (C=O) groups excluding carboxylic acids is 1. The van der Waals surface area contributed by atoms with Gasteiger partial charge in [0.25, 0.3) is 0 Å². The topological polar surface area (TPSA) is 51.2 Å². The smallest absolute Gasteiger partial charge is 0.316 e. The number of hydrogen-bond donors (Lipinski definition) is 0. The molecule has 2 aliphatic heterocycles. The number of fused-ring (bicyclic) bond motifs is 1. The van der Waals surface area contributed by atoms with Crippen molar-refractivity contribution in [3.8, 4) is 17.2 Å². The summed E-state index contributed by atoms with van der Waals surface area (Å²) < 4.78 is 17.9. The Labute approximate surface area is 226 Å². The number of methoxy groups -OCH3 is 1. The van der Waals surface area contributed by atoms with E-state index in [4.69, 9.17) is 26.4 Å². The summed E-state index contributed by atoms with van der Waals surface area (Å²) in [4.78, 5) is 18.2. The molecule has 1 atom stereocenters. The highest BCUT2D eigenvalue weighted by molar-refractivity contribution is 7.80. The van der Waals surface area contributed by atoms with Crippen molar-refractivity contribution < 1.29 is 19.0 Å². The van der Waals surface area contributed by atoms with Gasteiger partial charge in [-0.05, 0) is 102 Å². The SMILES string of the molecule is COc1ccc(N2CCN(C(=S)C3(C)CCc4c(C)c(OC(=O)C(C)(C)C)c(C)c(C)c4O3)CC2)cc1. The second kappa shape index (κ2) is 10.2. The molecule has 1 saturated heterocycles. The number of rotatable bonds is 4. The van der Waals surface area contributed by atoms with Crippen LogP contribution in [0.3, 0.4) is 0 Å². The number of ether oxygens (including phenoxy) is 3. The van der Waals surface area contributed by atoms with Crippen molar-refractivity contribution in [3.63, 3.8) is 0 Å². The van der Waals surface area contributed by atoms with Crippen molar-refractivity contribution >= 4 is 28.9 Å². The van der Waals surface area contributed by atoms with Gasteiger partial charge in [-0.2, -0.15) is 0 Å². The third kappa shape index (κ3) is 5.28. The predicted octanol–water partition coefficient (Wildman–Crippen LogP) is 5.81. The summed E-state index contributed by atoms with van der Waals surface area (Å²) in [6.07, 6.45) is 1.61. The van der Waals surface area contributed by atoms with Crippen LogP contribution in [0.1, 0.15) is 56.4 Å². The van der Waals surface area contributed by atoms with E-state index in [1.807, 2.05) is 53.7 Å². The summed E-state index contributed by atoms with van der Waals surface area (Å²) >= 11 is 6.05. The molecular formula is C30H40N2O4S. The average molecular weight is 525 g/mol. The van der Waals surface area contributed by atoms with Gasteiger partial charge in [0, 0.05) is 37.4 Å². The molecule has 0 spiro atoms. The average Bonchev–Trinajstić information content (AvgIpc) is 2.88. The molecule has 0 bridgehead atoms. The maximum atomic E-state index is 12.6. The van der Waals surface area contributed by atoms with Crippen LogP contribution in [0.25, 0.3) is 0 Å². The van der Waals surface area contributed by atoms with Gasteiger partial charge in [0.15, 0.2) is 5.60 Å². The summed E-state index contributed by atoms with van der Waals surface area (Å²) in [5, 5.41) is 0. The second-order valence-electron chi connectivity index (χ2n) is 11.5. The fraction of sp³-hybridized carbons (Fsp3) is 0.533. The Morgan fingerprint density at radius 3 is 2.19 bits per heavy atom. The number of carbonyl (C=O) groups is 1. The lowest BCUT2D eigenvalue weighted by molar-refractivity contribution is -0.143. The van der Waals surface area contributed by atoms with E-state index in [0.717, 1.165) is 77.8 Å². The molecule has 200 valence electrons. The van der Waals surface area contributed by atoms with Crippen LogP contribution in [-0.4, -0.2) is 54.7 Å². The molecule has 0 aromatic heterocycles. The van der Waals surface area contributed by atoms with Crippen molar-refractivity contribution in [2.45, 2.75) is 66.9 Å². The molecule has 0 aliphatic carbocycles. The fourth-order valence-electron chi connectivity index (χ4n) is 5.08. The van der Waals surface area contributed by atoms with Gasteiger partial charge in [-0.15, -0.1) is 0 Å². The first-order valence-corrected chi connectivity index (χ1v) is 13.5. The van der Waals surface area contributed by atoms with Crippen molar-refractivity contribution in [2.75, 3.05) is 38.2 Å². The van der Waals surface area contributed by atoms with Crippen molar-refractivity contribution in [1.29, 1.82) is 0 Å². The first kappa shape index (κ1) is 27.2. The van der Waals surface area contributed by atoms with Gasteiger partial charge in [0.05, 0.1) is 12.5 Å². The summed E-state index contributed by atoms with van der Waals surface area (Å²) in [7, 11) is 1.69. The largest absolute Gasteiger partial charge is 0.497 e. The van der Waals surface area contributed by atoms with E-state index in [0.29, 0.717) is 5.75 Å². The van der Waals surface area contributed by atoms with Crippen LogP contribution in [0.5, 0.6) is 17.2 Å². The van der Waals surface area contributed by atoms with Crippen LogP contribution in [0.2, 0.25) is 0 Å². The monoisotopic (exact) mass is 524 g/mol. The van der Waals surface area contributed by atoms with Gasteiger partial charge in [0.2, 0.25) is 0 Å².